The number of nitrogens with one attached hydrogen (secondary N) is 1. The molecule has 1 amide bonds. The summed E-state index contributed by atoms with van der Waals surface area (Å²) < 4.78 is 83.0. The lowest BCUT2D eigenvalue weighted by molar-refractivity contribution is -0.383. The van der Waals surface area contributed by atoms with E-state index >= 15 is 0 Å². The Bertz CT molecular complexity index is 750. The lowest BCUT2D eigenvalue weighted by Crippen LogP contribution is -2.55. The molecule has 136 valence electrons. The zero-order valence-electron chi connectivity index (χ0n) is 12.5. The molecule has 0 aliphatic rings. The summed E-state index contributed by atoms with van der Waals surface area (Å²) >= 11 is 0. The number of carbonyl (C=O) groups is 1. The van der Waals surface area contributed by atoms with Gasteiger partial charge in [-0.2, -0.15) is 31.4 Å². The number of aromatic amines is 1. The molecule has 2 rings (SSSR count). The number of aromatic nitrogens is 2. The maximum absolute atomic E-state index is 13.2. The first-order valence-electron chi connectivity index (χ1n) is 6.58. The third-order valence-electron chi connectivity index (χ3n) is 3.58. The van der Waals surface area contributed by atoms with Crippen LogP contribution in [0.25, 0.3) is 11.3 Å². The van der Waals surface area contributed by atoms with E-state index in [1.807, 2.05) is 0 Å². The lowest BCUT2D eigenvalue weighted by Gasteiger charge is -2.36. The van der Waals surface area contributed by atoms with Gasteiger partial charge in [-0.1, -0.05) is 24.3 Å². The molecule has 0 fully saturated rings. The molecule has 1 heterocycles. The fourth-order valence-electron chi connectivity index (χ4n) is 2.40. The molecule has 0 aliphatic carbocycles. The highest BCUT2D eigenvalue weighted by molar-refractivity contribution is 5.98. The van der Waals surface area contributed by atoms with Crippen molar-refractivity contribution in [3.05, 3.63) is 41.6 Å². The van der Waals surface area contributed by atoms with Crippen molar-refractivity contribution in [1.29, 1.82) is 0 Å². The quantitative estimate of drug-likeness (QED) is 0.815. The first kappa shape index (κ1) is 18.8. The number of nitrogens with two attached hydrogens (primary N) is 1. The van der Waals surface area contributed by atoms with Gasteiger partial charge in [-0.25, -0.2) is 0 Å². The Hall–Kier alpha value is -2.56. The largest absolute Gasteiger partial charge is 0.430 e. The number of nitrogens with zero attached hydrogens (tertiary/aromatic N) is 1. The van der Waals surface area contributed by atoms with Gasteiger partial charge in [0.25, 0.3) is 11.5 Å². The smallest absolute Gasteiger partial charge is 0.365 e. The van der Waals surface area contributed by atoms with Crippen molar-refractivity contribution in [3.8, 4) is 11.3 Å². The van der Waals surface area contributed by atoms with Crippen molar-refractivity contribution >= 4 is 5.91 Å². The average molecular weight is 367 g/mol. The van der Waals surface area contributed by atoms with Gasteiger partial charge in [0.15, 0.2) is 0 Å². The number of hydrogen-bond acceptors (Lipinski definition) is 3. The zero-order chi connectivity index (χ0) is 19.0. The summed E-state index contributed by atoms with van der Waals surface area (Å²) in [5.74, 6) is -0.857. The summed E-state index contributed by atoms with van der Waals surface area (Å²) in [5.41, 5.74) is -0.470. The normalized spacial score (nSPS) is 13.1. The average Bonchev–Trinajstić information content (AvgIpc) is 2.95. The van der Waals surface area contributed by atoms with Gasteiger partial charge < -0.3 is 10.5 Å². The third kappa shape index (κ3) is 2.95. The molecule has 0 atom stereocenters. The summed E-state index contributed by atoms with van der Waals surface area (Å²) in [7, 11) is 0.327. The number of rotatable bonds is 4. The molecule has 5 nitrogen and oxygen atoms in total. The van der Waals surface area contributed by atoms with E-state index in [-0.39, 0.29) is 16.8 Å². The molecule has 11 heteroatoms. The summed E-state index contributed by atoms with van der Waals surface area (Å²) in [6, 6.07) is 3.14. The summed E-state index contributed by atoms with van der Waals surface area (Å²) in [4.78, 5) is 11.2. The predicted octanol–water partition coefficient (Wildman–Crippen LogP) is 3.14. The molecule has 1 aromatic heterocycles. The van der Waals surface area contributed by atoms with E-state index in [1.165, 1.54) is 0 Å². The minimum absolute atomic E-state index is 0.00100. The fraction of sp³-hybridized carbons (Fsp3) is 0.286. The van der Waals surface area contributed by atoms with E-state index in [0.29, 0.717) is 19.2 Å². The number of ether oxygens (including phenoxy) is 1. The Labute approximate surface area is 136 Å². The predicted molar refractivity (Wildman–Crippen MR) is 73.3 cm³/mol. The molecule has 0 radical (unpaired) electrons. The molecule has 2 aromatic rings. The molecular formula is C14H11F6N3O2. The molecule has 0 spiro atoms. The number of hydrogen-bond donors (Lipinski definition) is 2. The van der Waals surface area contributed by atoms with Gasteiger partial charge in [0.2, 0.25) is 0 Å². The fourth-order valence-corrected chi connectivity index (χ4v) is 2.40. The van der Waals surface area contributed by atoms with Gasteiger partial charge in [-0.05, 0) is 0 Å². The molecule has 0 aliphatic heterocycles. The Balaban J connectivity index is 2.57. The Morgan fingerprint density at radius 2 is 1.60 bits per heavy atom. The van der Waals surface area contributed by atoms with Crippen LogP contribution in [0.5, 0.6) is 0 Å². The van der Waals surface area contributed by atoms with E-state index < -0.39 is 29.4 Å². The van der Waals surface area contributed by atoms with E-state index in [2.05, 4.69) is 14.9 Å². The molecular weight excluding hydrogens is 356 g/mol. The van der Waals surface area contributed by atoms with E-state index in [0.717, 1.165) is 18.3 Å². The highest BCUT2D eigenvalue weighted by atomic mass is 19.4. The second kappa shape index (κ2) is 6.06. The number of carbonyl (C=O) groups excluding carboxylic acids is 1. The van der Waals surface area contributed by atoms with Gasteiger partial charge in [-0.3, -0.25) is 9.89 Å². The highest BCUT2D eigenvalue weighted by Crippen LogP contribution is 2.52. The van der Waals surface area contributed by atoms with Crippen LogP contribution in [-0.2, 0) is 10.3 Å². The molecule has 3 N–H and O–H groups in total. The third-order valence-corrected chi connectivity index (χ3v) is 3.58. The van der Waals surface area contributed by atoms with Gasteiger partial charge in [0, 0.05) is 24.4 Å². The number of H-pyrrole nitrogens is 1. The standard InChI is InChI=1S/C14H11F6N3O2/c1-25-12(13(15,16)17,14(18,19)20)8-4-2-7(3-5-8)10-9(11(21)24)6-22-23-10/h2-6H,1H3,(H2,21,24)(H,22,23). The van der Waals surface area contributed by atoms with Crippen LogP contribution in [0.4, 0.5) is 26.3 Å². The van der Waals surface area contributed by atoms with Crippen LogP contribution in [0, 0.1) is 0 Å². The Kier molecular flexibility index (Phi) is 4.55. The summed E-state index contributed by atoms with van der Waals surface area (Å²) in [6.45, 7) is 0. The van der Waals surface area contributed by atoms with Crippen LogP contribution in [0.3, 0.4) is 0 Å². The number of methoxy groups -OCH3 is 1. The molecule has 0 unspecified atom stereocenters. The molecule has 0 saturated carbocycles. The van der Waals surface area contributed by atoms with Crippen molar-refractivity contribution in [2.75, 3.05) is 7.11 Å². The van der Waals surface area contributed by atoms with Crippen molar-refractivity contribution < 1.29 is 35.9 Å². The number of halogens is 6. The highest BCUT2D eigenvalue weighted by Gasteiger charge is 2.72. The molecule has 0 saturated heterocycles. The molecule has 1 aromatic carbocycles. The summed E-state index contributed by atoms with van der Waals surface area (Å²) in [6.07, 6.45) is -10.3. The SMILES string of the molecule is COC(c1ccc(-c2n[nH]cc2C(N)=O)cc1)(C(F)(F)F)C(F)(F)F. The monoisotopic (exact) mass is 367 g/mol. The summed E-state index contributed by atoms with van der Waals surface area (Å²) in [5, 5.41) is 6.06. The molecule has 25 heavy (non-hydrogen) atoms. The van der Waals surface area contributed by atoms with Crippen molar-refractivity contribution in [2.24, 2.45) is 5.73 Å². The van der Waals surface area contributed by atoms with Crippen LogP contribution in [0.15, 0.2) is 30.5 Å². The van der Waals surface area contributed by atoms with E-state index in [4.69, 9.17) is 5.73 Å². The number of amides is 1. The van der Waals surface area contributed by atoms with Crippen molar-refractivity contribution in [2.45, 2.75) is 18.0 Å². The van der Waals surface area contributed by atoms with E-state index in [1.54, 1.807) is 0 Å². The van der Waals surface area contributed by atoms with Crippen LogP contribution in [-0.4, -0.2) is 35.6 Å². The molecule has 0 bridgehead atoms. The number of alkyl halides is 6. The topological polar surface area (TPSA) is 81.0 Å². The Morgan fingerprint density at radius 1 is 1.08 bits per heavy atom. The van der Waals surface area contributed by atoms with Crippen LogP contribution in [0.1, 0.15) is 15.9 Å². The zero-order valence-corrected chi connectivity index (χ0v) is 12.5. The van der Waals surface area contributed by atoms with Gasteiger partial charge >= 0.3 is 12.4 Å². The van der Waals surface area contributed by atoms with E-state index in [9.17, 15) is 31.1 Å². The number of primary amides is 1. The number of benzene rings is 1. The van der Waals surface area contributed by atoms with Crippen LogP contribution in [0.2, 0.25) is 0 Å². The van der Waals surface area contributed by atoms with Gasteiger partial charge in [0.05, 0.1) is 5.56 Å². The van der Waals surface area contributed by atoms with Crippen molar-refractivity contribution in [1.82, 2.24) is 10.2 Å². The maximum Gasteiger partial charge on any atom is 0.430 e. The lowest BCUT2D eigenvalue weighted by atomic mass is 9.90. The second-order valence-electron chi connectivity index (χ2n) is 4.97. The Morgan fingerprint density at radius 3 is 2.00 bits per heavy atom. The first-order valence-corrected chi connectivity index (χ1v) is 6.58. The minimum Gasteiger partial charge on any atom is -0.365 e. The first-order chi connectivity index (χ1) is 11.5. The second-order valence-corrected chi connectivity index (χ2v) is 4.97. The maximum atomic E-state index is 13.2. The van der Waals surface area contributed by atoms with Gasteiger partial charge in [-0.15, -0.1) is 0 Å². The van der Waals surface area contributed by atoms with Crippen LogP contribution >= 0.6 is 0 Å². The minimum atomic E-state index is -5.74. The van der Waals surface area contributed by atoms with Crippen LogP contribution < -0.4 is 5.73 Å². The van der Waals surface area contributed by atoms with Gasteiger partial charge in [0.1, 0.15) is 5.69 Å². The van der Waals surface area contributed by atoms with Crippen molar-refractivity contribution in [3.63, 3.8) is 0 Å².